The zero-order chi connectivity index (χ0) is 13.7. The van der Waals surface area contributed by atoms with Crippen molar-refractivity contribution in [2.75, 3.05) is 31.6 Å². The zero-order valence-electron chi connectivity index (χ0n) is 10.2. The summed E-state index contributed by atoms with van der Waals surface area (Å²) in [4.78, 5) is 11.7. The Balaban J connectivity index is 1.81. The molecular weight excluding hydrogens is 289 g/mol. The predicted octanol–water partition coefficient (Wildman–Crippen LogP) is 2.10. The van der Waals surface area contributed by atoms with Gasteiger partial charge in [-0.2, -0.15) is 0 Å². The Labute approximate surface area is 121 Å². The minimum absolute atomic E-state index is 0.00525. The van der Waals surface area contributed by atoms with Gasteiger partial charge in [0.2, 0.25) is 0 Å². The van der Waals surface area contributed by atoms with E-state index < -0.39 is 0 Å². The molecule has 7 heteroatoms. The molecule has 19 heavy (non-hydrogen) atoms. The molecule has 1 heterocycles. The molecule has 5 nitrogen and oxygen atoms in total. The average molecular weight is 304 g/mol. The fraction of sp³-hybridized carbons (Fsp3) is 0.417. The van der Waals surface area contributed by atoms with Crippen molar-refractivity contribution in [3.8, 4) is 0 Å². The van der Waals surface area contributed by atoms with Crippen LogP contribution in [0.25, 0.3) is 0 Å². The smallest absolute Gasteiger partial charge is 0.319 e. The van der Waals surface area contributed by atoms with Crippen LogP contribution in [0.3, 0.4) is 0 Å². The quantitative estimate of drug-likeness (QED) is 0.801. The van der Waals surface area contributed by atoms with E-state index in [4.69, 9.17) is 27.9 Å². The van der Waals surface area contributed by atoms with Crippen LogP contribution in [0.15, 0.2) is 18.2 Å². The lowest BCUT2D eigenvalue weighted by molar-refractivity contribution is 0.0310. The van der Waals surface area contributed by atoms with Crippen molar-refractivity contribution in [3.05, 3.63) is 28.2 Å². The van der Waals surface area contributed by atoms with E-state index in [-0.39, 0.29) is 12.1 Å². The van der Waals surface area contributed by atoms with Crippen LogP contribution in [0.4, 0.5) is 10.5 Å². The number of benzene rings is 1. The first-order chi connectivity index (χ1) is 9.15. The first kappa shape index (κ1) is 14.4. The van der Waals surface area contributed by atoms with Crippen LogP contribution in [-0.2, 0) is 4.74 Å². The molecule has 0 aromatic heterocycles. The maximum atomic E-state index is 11.7. The Morgan fingerprint density at radius 1 is 1.47 bits per heavy atom. The number of carbonyl (C=O) groups is 1. The summed E-state index contributed by atoms with van der Waals surface area (Å²) in [6.45, 7) is 2.68. The minimum Gasteiger partial charge on any atom is -0.374 e. The van der Waals surface area contributed by atoms with Crippen molar-refractivity contribution in [3.63, 3.8) is 0 Å². The molecule has 1 aliphatic rings. The Morgan fingerprint density at radius 3 is 3.05 bits per heavy atom. The molecule has 0 radical (unpaired) electrons. The van der Waals surface area contributed by atoms with E-state index in [1.165, 1.54) is 0 Å². The summed E-state index contributed by atoms with van der Waals surface area (Å²) >= 11 is 11.8. The van der Waals surface area contributed by atoms with Crippen LogP contribution >= 0.6 is 23.2 Å². The molecule has 1 unspecified atom stereocenters. The van der Waals surface area contributed by atoms with Gasteiger partial charge in [0.25, 0.3) is 0 Å². The fourth-order valence-electron chi connectivity index (χ4n) is 1.72. The normalized spacial score (nSPS) is 18.9. The third-order valence-electron chi connectivity index (χ3n) is 2.67. The lowest BCUT2D eigenvalue weighted by Gasteiger charge is -2.23. The van der Waals surface area contributed by atoms with Crippen molar-refractivity contribution in [2.24, 2.45) is 0 Å². The molecule has 104 valence electrons. The zero-order valence-corrected chi connectivity index (χ0v) is 11.7. The van der Waals surface area contributed by atoms with Crippen LogP contribution in [0, 0.1) is 0 Å². The van der Waals surface area contributed by atoms with Gasteiger partial charge in [-0.3, -0.25) is 0 Å². The van der Waals surface area contributed by atoms with Crippen LogP contribution < -0.4 is 16.0 Å². The van der Waals surface area contributed by atoms with Crippen molar-refractivity contribution in [1.29, 1.82) is 0 Å². The Bertz CT molecular complexity index is 451. The lowest BCUT2D eigenvalue weighted by atomic mass is 10.3. The second-order valence-electron chi connectivity index (χ2n) is 4.16. The number of nitrogens with one attached hydrogen (secondary N) is 3. The van der Waals surface area contributed by atoms with Gasteiger partial charge in [0.05, 0.1) is 23.4 Å². The van der Waals surface area contributed by atoms with Crippen molar-refractivity contribution in [1.82, 2.24) is 10.6 Å². The topological polar surface area (TPSA) is 62.4 Å². The van der Waals surface area contributed by atoms with Gasteiger partial charge in [-0.15, -0.1) is 0 Å². The van der Waals surface area contributed by atoms with Crippen molar-refractivity contribution >= 4 is 34.9 Å². The van der Waals surface area contributed by atoms with Gasteiger partial charge >= 0.3 is 6.03 Å². The van der Waals surface area contributed by atoms with E-state index in [9.17, 15) is 4.79 Å². The summed E-state index contributed by atoms with van der Waals surface area (Å²) in [5.41, 5.74) is 0.481. The summed E-state index contributed by atoms with van der Waals surface area (Å²) in [6, 6.07) is 4.56. The molecule has 0 saturated carbocycles. The number of ether oxygens (including phenoxy) is 1. The third-order valence-corrected chi connectivity index (χ3v) is 3.24. The van der Waals surface area contributed by atoms with Gasteiger partial charge in [-0.05, 0) is 18.2 Å². The maximum absolute atomic E-state index is 11.7. The van der Waals surface area contributed by atoms with Crippen molar-refractivity contribution in [2.45, 2.75) is 6.10 Å². The van der Waals surface area contributed by atoms with Gasteiger partial charge in [0.1, 0.15) is 0 Å². The lowest BCUT2D eigenvalue weighted by Crippen LogP contribution is -2.46. The second-order valence-corrected chi connectivity index (χ2v) is 5.00. The highest BCUT2D eigenvalue weighted by Gasteiger charge is 2.14. The number of hydrogen-bond acceptors (Lipinski definition) is 3. The first-order valence-corrected chi connectivity index (χ1v) is 6.73. The number of carbonyl (C=O) groups excluding carboxylic acids is 1. The SMILES string of the molecule is O=C(NCC1CNCCO1)Nc1cc(Cl)ccc1Cl. The van der Waals surface area contributed by atoms with Crippen LogP contribution in [-0.4, -0.2) is 38.4 Å². The van der Waals surface area contributed by atoms with E-state index in [0.29, 0.717) is 28.9 Å². The number of anilines is 1. The van der Waals surface area contributed by atoms with Gasteiger partial charge in [0.15, 0.2) is 0 Å². The molecule has 1 aromatic rings. The molecule has 0 bridgehead atoms. The summed E-state index contributed by atoms with van der Waals surface area (Å²) in [5, 5.41) is 9.52. The second kappa shape index (κ2) is 6.96. The van der Waals surface area contributed by atoms with E-state index in [1.807, 2.05) is 0 Å². The highest BCUT2D eigenvalue weighted by atomic mass is 35.5. The molecule has 1 aliphatic heterocycles. The molecule has 1 aromatic carbocycles. The van der Waals surface area contributed by atoms with Gasteiger partial charge in [-0.1, -0.05) is 23.2 Å². The number of halogens is 2. The minimum atomic E-state index is -0.335. The fourth-order valence-corrected chi connectivity index (χ4v) is 2.05. The van der Waals surface area contributed by atoms with Gasteiger partial charge in [-0.25, -0.2) is 4.79 Å². The molecule has 1 saturated heterocycles. The Morgan fingerprint density at radius 2 is 2.32 bits per heavy atom. The number of hydrogen-bond donors (Lipinski definition) is 3. The third kappa shape index (κ3) is 4.54. The van der Waals surface area contributed by atoms with Gasteiger partial charge < -0.3 is 20.7 Å². The number of amides is 2. The summed E-state index contributed by atoms with van der Waals surface area (Å²) in [6.07, 6.45) is -0.00525. The molecular formula is C12H15Cl2N3O2. The number of morpholine rings is 1. The van der Waals surface area contributed by atoms with Crippen LogP contribution in [0.2, 0.25) is 10.0 Å². The van der Waals surface area contributed by atoms with Crippen LogP contribution in [0.5, 0.6) is 0 Å². The molecule has 3 N–H and O–H groups in total. The van der Waals surface area contributed by atoms with E-state index >= 15 is 0 Å². The summed E-state index contributed by atoms with van der Waals surface area (Å²) in [7, 11) is 0. The predicted molar refractivity (Wildman–Crippen MR) is 76.1 cm³/mol. The Hall–Kier alpha value is -1.01. The summed E-state index contributed by atoms with van der Waals surface area (Å²) in [5.74, 6) is 0. The van der Waals surface area contributed by atoms with E-state index in [0.717, 1.165) is 13.1 Å². The maximum Gasteiger partial charge on any atom is 0.319 e. The largest absolute Gasteiger partial charge is 0.374 e. The van der Waals surface area contributed by atoms with E-state index in [2.05, 4.69) is 16.0 Å². The average Bonchev–Trinajstić information content (AvgIpc) is 2.42. The van der Waals surface area contributed by atoms with Gasteiger partial charge in [0, 0.05) is 24.7 Å². The highest BCUT2D eigenvalue weighted by molar-refractivity contribution is 6.35. The molecule has 1 fully saturated rings. The number of urea groups is 1. The highest BCUT2D eigenvalue weighted by Crippen LogP contribution is 2.25. The molecule has 0 spiro atoms. The van der Waals surface area contributed by atoms with E-state index in [1.54, 1.807) is 18.2 Å². The Kier molecular flexibility index (Phi) is 5.27. The summed E-state index contributed by atoms with van der Waals surface area (Å²) < 4.78 is 5.47. The molecule has 2 rings (SSSR count). The van der Waals surface area contributed by atoms with Crippen molar-refractivity contribution < 1.29 is 9.53 Å². The van der Waals surface area contributed by atoms with Crippen LogP contribution in [0.1, 0.15) is 0 Å². The molecule has 0 aliphatic carbocycles. The number of rotatable bonds is 3. The molecule has 1 atom stereocenters. The molecule has 2 amide bonds. The first-order valence-electron chi connectivity index (χ1n) is 5.97. The standard InChI is InChI=1S/C12H15Cl2N3O2/c13-8-1-2-10(14)11(5-8)17-12(18)16-7-9-6-15-3-4-19-9/h1-2,5,9,15H,3-4,6-7H2,(H2,16,17,18). The monoisotopic (exact) mass is 303 g/mol.